The highest BCUT2D eigenvalue weighted by molar-refractivity contribution is 5.71. The summed E-state index contributed by atoms with van der Waals surface area (Å²) in [5, 5.41) is 0. The van der Waals surface area contributed by atoms with E-state index in [4.69, 9.17) is 14.2 Å². The molecule has 0 saturated carbocycles. The fourth-order valence-corrected chi connectivity index (χ4v) is 6.95. The van der Waals surface area contributed by atoms with E-state index in [0.717, 1.165) is 122 Å². The van der Waals surface area contributed by atoms with Crippen LogP contribution in [0, 0.1) is 0 Å². The lowest BCUT2D eigenvalue weighted by molar-refractivity contribution is -0.167. The van der Waals surface area contributed by atoms with Crippen LogP contribution in [-0.2, 0) is 28.6 Å². The summed E-state index contributed by atoms with van der Waals surface area (Å²) in [5.74, 6) is -1.02. The molecule has 0 aromatic rings. The first-order valence-corrected chi connectivity index (χ1v) is 27.7. The van der Waals surface area contributed by atoms with Crippen LogP contribution in [0.2, 0.25) is 0 Å². The monoisotopic (exact) mass is 953 g/mol. The number of unbranched alkanes of at least 4 members (excludes halogenated alkanes) is 15. The smallest absolute Gasteiger partial charge is 0.306 e. The van der Waals surface area contributed by atoms with Gasteiger partial charge in [-0.3, -0.25) is 14.4 Å². The lowest BCUT2D eigenvalue weighted by atomic mass is 10.1. The molecule has 6 nitrogen and oxygen atoms in total. The molecule has 0 bridgehead atoms. The zero-order chi connectivity index (χ0) is 50.0. The maximum Gasteiger partial charge on any atom is 0.306 e. The molecular weight excluding hydrogens is 853 g/mol. The number of rotatable bonds is 48. The lowest BCUT2D eigenvalue weighted by Crippen LogP contribution is -2.30. The van der Waals surface area contributed by atoms with Gasteiger partial charge in [0.1, 0.15) is 13.2 Å². The molecule has 0 aliphatic rings. The molecule has 0 aliphatic carbocycles. The molecule has 388 valence electrons. The van der Waals surface area contributed by atoms with E-state index in [1.165, 1.54) is 51.4 Å². The number of carbonyl (C=O) groups is 3. The third-order valence-corrected chi connectivity index (χ3v) is 11.1. The predicted octanol–water partition coefficient (Wildman–Crippen LogP) is 18.6. The third-order valence-electron chi connectivity index (χ3n) is 11.1. The number of allylic oxidation sites excluding steroid dienone is 22. The quantitative estimate of drug-likeness (QED) is 0.0262. The second-order valence-corrected chi connectivity index (χ2v) is 17.7. The predicted molar refractivity (Wildman–Crippen MR) is 297 cm³/mol. The van der Waals surface area contributed by atoms with E-state index in [-0.39, 0.29) is 44.0 Å². The first-order valence-electron chi connectivity index (χ1n) is 27.7. The van der Waals surface area contributed by atoms with E-state index < -0.39 is 6.10 Å². The van der Waals surface area contributed by atoms with Crippen molar-refractivity contribution in [3.05, 3.63) is 134 Å². The van der Waals surface area contributed by atoms with Crippen molar-refractivity contribution < 1.29 is 28.6 Å². The summed E-state index contributed by atoms with van der Waals surface area (Å²) in [7, 11) is 0. The Kier molecular flexibility index (Phi) is 52.5. The van der Waals surface area contributed by atoms with E-state index in [0.29, 0.717) is 19.3 Å². The molecule has 0 rings (SSSR count). The summed E-state index contributed by atoms with van der Waals surface area (Å²) in [5.41, 5.74) is 0. The molecule has 6 heteroatoms. The summed E-state index contributed by atoms with van der Waals surface area (Å²) in [6.07, 6.45) is 78.6. The highest BCUT2D eigenvalue weighted by atomic mass is 16.6. The maximum atomic E-state index is 12.8. The largest absolute Gasteiger partial charge is 0.462 e. The van der Waals surface area contributed by atoms with E-state index >= 15 is 0 Å². The number of ether oxygens (including phenoxy) is 3. The van der Waals surface area contributed by atoms with E-state index in [1.54, 1.807) is 0 Å². The third kappa shape index (κ3) is 54.4. The van der Waals surface area contributed by atoms with E-state index in [2.05, 4.69) is 154 Å². The SMILES string of the molecule is CC/C=C\C/C=C\C/C=C\C/C=C\CCCCC(=O)OC[C@H](COC(=O)CCCCCC/C=C\C/C=C\C/C=C\CCCCC)OC(=O)CCCCC/C=C\C/C=C\C/C=C\C/C=C\CCCCC. The van der Waals surface area contributed by atoms with Crippen molar-refractivity contribution in [1.82, 2.24) is 0 Å². The minimum Gasteiger partial charge on any atom is -0.462 e. The van der Waals surface area contributed by atoms with Gasteiger partial charge < -0.3 is 14.2 Å². The molecule has 0 spiro atoms. The van der Waals surface area contributed by atoms with Crippen LogP contribution >= 0.6 is 0 Å². The molecule has 0 aromatic heterocycles. The van der Waals surface area contributed by atoms with Crippen LogP contribution in [0.25, 0.3) is 0 Å². The van der Waals surface area contributed by atoms with E-state index in [9.17, 15) is 14.4 Å². The lowest BCUT2D eigenvalue weighted by Gasteiger charge is -2.18. The average Bonchev–Trinajstić information content (AvgIpc) is 3.35. The Balaban J connectivity index is 4.58. The first-order chi connectivity index (χ1) is 34.0. The van der Waals surface area contributed by atoms with Gasteiger partial charge in [0, 0.05) is 19.3 Å². The van der Waals surface area contributed by atoms with Crippen molar-refractivity contribution >= 4 is 17.9 Å². The number of esters is 3. The second-order valence-electron chi connectivity index (χ2n) is 17.7. The molecule has 0 unspecified atom stereocenters. The topological polar surface area (TPSA) is 78.9 Å². The number of carbonyl (C=O) groups excluding carboxylic acids is 3. The van der Waals surface area contributed by atoms with Gasteiger partial charge in [0.05, 0.1) is 0 Å². The summed E-state index contributed by atoms with van der Waals surface area (Å²) >= 11 is 0. The Bertz CT molecular complexity index is 1510. The van der Waals surface area contributed by atoms with Crippen LogP contribution < -0.4 is 0 Å². The standard InChI is InChI=1S/C63H100O6/c1-4-7-10-13-16-19-22-25-28-30-31-33-36-39-42-45-48-51-54-57-63(66)69-60(58-67-61(64)55-52-49-46-43-40-37-34-27-24-21-18-15-12-9-6-3)59-68-62(65)56-53-50-47-44-41-38-35-32-29-26-23-20-17-14-11-8-5-2/h9,12,16-21,25-29,31,33-35,38-40,42-43,60H,4-8,10-11,13-15,22-24,30,32,36-37,41,44-59H2,1-3H3/b12-9-,19-16-,20-17-,21-18-,28-25-,29-26-,33-31-,34-27-,38-35-,42-39-,43-40-/t60-/m1/s1. The molecule has 0 saturated heterocycles. The molecule has 1 atom stereocenters. The van der Waals surface area contributed by atoms with Crippen molar-refractivity contribution in [2.75, 3.05) is 13.2 Å². The van der Waals surface area contributed by atoms with Crippen molar-refractivity contribution in [2.24, 2.45) is 0 Å². The number of hydrogen-bond donors (Lipinski definition) is 0. The van der Waals surface area contributed by atoms with E-state index in [1.807, 2.05) is 0 Å². The Labute approximate surface area is 424 Å². The Morgan fingerprint density at radius 2 is 0.565 bits per heavy atom. The fraction of sp³-hybridized carbons (Fsp3) is 0.603. The molecule has 0 N–H and O–H groups in total. The Hall–Kier alpha value is -4.45. The fourth-order valence-electron chi connectivity index (χ4n) is 6.95. The Morgan fingerprint density at radius 3 is 0.913 bits per heavy atom. The molecule has 0 fully saturated rings. The van der Waals surface area contributed by atoms with Crippen molar-refractivity contribution in [3.8, 4) is 0 Å². The van der Waals surface area contributed by atoms with Gasteiger partial charge in [-0.05, 0) is 141 Å². The van der Waals surface area contributed by atoms with Gasteiger partial charge in [0.15, 0.2) is 6.10 Å². The van der Waals surface area contributed by atoms with Crippen molar-refractivity contribution in [3.63, 3.8) is 0 Å². The minimum absolute atomic E-state index is 0.121. The van der Waals surface area contributed by atoms with Gasteiger partial charge in [-0.1, -0.05) is 199 Å². The molecule has 69 heavy (non-hydrogen) atoms. The molecule has 0 aromatic carbocycles. The zero-order valence-electron chi connectivity index (χ0n) is 44.3. The molecule has 0 heterocycles. The zero-order valence-corrected chi connectivity index (χ0v) is 44.3. The minimum atomic E-state index is -0.827. The van der Waals surface area contributed by atoms with Gasteiger partial charge in [-0.2, -0.15) is 0 Å². The second kappa shape index (κ2) is 56.1. The molecule has 0 aliphatic heterocycles. The van der Waals surface area contributed by atoms with Crippen LogP contribution in [0.3, 0.4) is 0 Å². The van der Waals surface area contributed by atoms with Crippen LogP contribution in [0.4, 0.5) is 0 Å². The Morgan fingerprint density at radius 1 is 0.304 bits per heavy atom. The summed E-state index contributed by atoms with van der Waals surface area (Å²) in [4.78, 5) is 38.1. The van der Waals surface area contributed by atoms with Gasteiger partial charge in [0.25, 0.3) is 0 Å². The highest BCUT2D eigenvalue weighted by Crippen LogP contribution is 2.11. The van der Waals surface area contributed by atoms with Crippen molar-refractivity contribution in [2.45, 2.75) is 232 Å². The van der Waals surface area contributed by atoms with Crippen LogP contribution in [0.15, 0.2) is 134 Å². The van der Waals surface area contributed by atoms with Gasteiger partial charge in [0.2, 0.25) is 0 Å². The molecule has 0 radical (unpaired) electrons. The molecular formula is C63H100O6. The van der Waals surface area contributed by atoms with Crippen LogP contribution in [0.1, 0.15) is 226 Å². The summed E-state index contributed by atoms with van der Waals surface area (Å²) in [6.45, 7) is 6.37. The van der Waals surface area contributed by atoms with Gasteiger partial charge >= 0.3 is 17.9 Å². The highest BCUT2D eigenvalue weighted by Gasteiger charge is 2.19. The normalized spacial score (nSPS) is 13.1. The summed E-state index contributed by atoms with van der Waals surface area (Å²) in [6, 6.07) is 0. The maximum absolute atomic E-state index is 12.8. The van der Waals surface area contributed by atoms with Gasteiger partial charge in [-0.15, -0.1) is 0 Å². The number of hydrogen-bond acceptors (Lipinski definition) is 6. The van der Waals surface area contributed by atoms with Gasteiger partial charge in [-0.25, -0.2) is 0 Å². The first kappa shape index (κ1) is 64.5. The molecule has 0 amide bonds. The van der Waals surface area contributed by atoms with Crippen molar-refractivity contribution in [1.29, 1.82) is 0 Å². The summed E-state index contributed by atoms with van der Waals surface area (Å²) < 4.78 is 16.8. The van der Waals surface area contributed by atoms with Crippen LogP contribution in [-0.4, -0.2) is 37.2 Å². The average molecular weight is 953 g/mol. The van der Waals surface area contributed by atoms with Crippen LogP contribution in [0.5, 0.6) is 0 Å².